The van der Waals surface area contributed by atoms with E-state index in [2.05, 4.69) is 46.8 Å². The number of urea groups is 1. The third-order valence-corrected chi connectivity index (χ3v) is 4.19. The third-order valence-electron chi connectivity index (χ3n) is 4.19. The quantitative estimate of drug-likeness (QED) is 0.820. The van der Waals surface area contributed by atoms with Crippen LogP contribution in [0, 0.1) is 0 Å². The summed E-state index contributed by atoms with van der Waals surface area (Å²) in [5.74, 6) is 0.755. The largest absolute Gasteiger partial charge is 0.336 e. The number of carbonyl (C=O) groups is 1. The molecule has 6 nitrogen and oxygen atoms in total. The van der Waals surface area contributed by atoms with Crippen LogP contribution in [0.15, 0.2) is 36.7 Å². The second-order valence-corrected chi connectivity index (χ2v) is 6.72. The smallest absolute Gasteiger partial charge is 0.315 e. The summed E-state index contributed by atoms with van der Waals surface area (Å²) in [6.45, 7) is 9.59. The van der Waals surface area contributed by atoms with Crippen molar-refractivity contribution < 1.29 is 4.79 Å². The summed E-state index contributed by atoms with van der Waals surface area (Å²) >= 11 is 0. The number of nitrogens with one attached hydrogen (secondary N) is 2. The molecule has 6 heteroatoms. The van der Waals surface area contributed by atoms with Crippen LogP contribution in [0.2, 0.25) is 0 Å². The van der Waals surface area contributed by atoms with Crippen molar-refractivity contribution in [2.24, 2.45) is 0 Å². The number of hydrogen-bond acceptors (Lipinski definition) is 3. The van der Waals surface area contributed by atoms with Gasteiger partial charge < -0.3 is 15.2 Å². The Balaban J connectivity index is 1.83. The number of nitrogens with zero attached hydrogens (tertiary/aromatic N) is 3. The van der Waals surface area contributed by atoms with Crippen LogP contribution in [0.1, 0.15) is 45.5 Å². The van der Waals surface area contributed by atoms with Crippen molar-refractivity contribution in [3.63, 3.8) is 0 Å². The predicted octanol–water partition coefficient (Wildman–Crippen LogP) is 2.85. The maximum absolute atomic E-state index is 12.1. The number of rotatable bonds is 7. The Kier molecular flexibility index (Phi) is 5.95. The van der Waals surface area contributed by atoms with Crippen molar-refractivity contribution >= 4 is 6.03 Å². The van der Waals surface area contributed by atoms with Crippen LogP contribution in [-0.2, 0) is 18.5 Å². The normalized spacial score (nSPS) is 12.7. The van der Waals surface area contributed by atoms with Crippen LogP contribution in [0.4, 0.5) is 4.79 Å². The highest BCUT2D eigenvalue weighted by molar-refractivity contribution is 5.74. The van der Waals surface area contributed by atoms with Gasteiger partial charge in [0.1, 0.15) is 6.33 Å². The molecule has 1 aromatic heterocycles. The van der Waals surface area contributed by atoms with Crippen molar-refractivity contribution in [3.8, 4) is 0 Å². The molecule has 2 rings (SSSR count). The van der Waals surface area contributed by atoms with Gasteiger partial charge in [-0.25, -0.2) is 4.79 Å². The van der Waals surface area contributed by atoms with Gasteiger partial charge >= 0.3 is 6.03 Å². The van der Waals surface area contributed by atoms with Crippen molar-refractivity contribution in [2.45, 2.75) is 58.7 Å². The Bertz CT molecular complexity index is 650. The molecule has 0 spiro atoms. The van der Waals surface area contributed by atoms with Gasteiger partial charge in [0, 0.05) is 12.6 Å². The second-order valence-electron chi connectivity index (χ2n) is 6.72. The molecule has 2 amide bonds. The lowest BCUT2D eigenvalue weighted by Gasteiger charge is -2.29. The van der Waals surface area contributed by atoms with E-state index in [0.29, 0.717) is 6.54 Å². The Morgan fingerprint density at radius 3 is 2.67 bits per heavy atom. The second kappa shape index (κ2) is 7.95. The van der Waals surface area contributed by atoms with E-state index in [1.807, 2.05) is 36.6 Å². The summed E-state index contributed by atoms with van der Waals surface area (Å²) in [6, 6.07) is 10.2. The molecule has 1 unspecified atom stereocenters. The lowest BCUT2D eigenvalue weighted by molar-refractivity contribution is 0.234. The summed E-state index contributed by atoms with van der Waals surface area (Å²) in [6.07, 6.45) is 2.52. The van der Waals surface area contributed by atoms with Gasteiger partial charge in [0.25, 0.3) is 0 Å². The van der Waals surface area contributed by atoms with Crippen LogP contribution >= 0.6 is 0 Å². The predicted molar refractivity (Wildman–Crippen MR) is 94.6 cm³/mol. The highest BCUT2D eigenvalue weighted by atomic mass is 16.2. The van der Waals surface area contributed by atoms with Crippen molar-refractivity contribution in [3.05, 3.63) is 48.0 Å². The Hall–Kier alpha value is -2.37. The minimum Gasteiger partial charge on any atom is -0.336 e. The van der Waals surface area contributed by atoms with Gasteiger partial charge in [0.15, 0.2) is 5.82 Å². The molecule has 2 N–H and O–H groups in total. The van der Waals surface area contributed by atoms with E-state index in [1.54, 1.807) is 6.33 Å². The molecule has 2 aromatic rings. The molecule has 0 aliphatic rings. The Morgan fingerprint density at radius 2 is 2.00 bits per heavy atom. The molecule has 1 heterocycles. The fourth-order valence-electron chi connectivity index (χ4n) is 2.94. The number of aromatic nitrogens is 3. The summed E-state index contributed by atoms with van der Waals surface area (Å²) < 4.78 is 1.90. The van der Waals surface area contributed by atoms with Gasteiger partial charge in [-0.05, 0) is 31.2 Å². The zero-order chi connectivity index (χ0) is 17.6. The summed E-state index contributed by atoms with van der Waals surface area (Å²) in [7, 11) is 0. The van der Waals surface area contributed by atoms with E-state index in [0.717, 1.165) is 18.8 Å². The van der Waals surface area contributed by atoms with Crippen molar-refractivity contribution in [2.75, 3.05) is 0 Å². The van der Waals surface area contributed by atoms with E-state index in [1.165, 1.54) is 5.56 Å². The summed E-state index contributed by atoms with van der Waals surface area (Å²) in [4.78, 5) is 12.1. The first-order chi connectivity index (χ1) is 11.4. The van der Waals surface area contributed by atoms with Gasteiger partial charge in [0.2, 0.25) is 0 Å². The van der Waals surface area contributed by atoms with E-state index in [-0.39, 0.29) is 17.5 Å². The number of amides is 2. The van der Waals surface area contributed by atoms with Gasteiger partial charge in [-0.2, -0.15) is 0 Å². The average molecular weight is 329 g/mol. The Labute approximate surface area is 143 Å². The molecular formula is C18H27N5O. The van der Waals surface area contributed by atoms with E-state index < -0.39 is 0 Å². The number of aryl methyl sites for hydroxylation is 1. The molecule has 0 radical (unpaired) electrons. The van der Waals surface area contributed by atoms with Crippen LogP contribution in [0.5, 0.6) is 0 Å². The minimum absolute atomic E-state index is 0.00363. The Morgan fingerprint density at radius 1 is 1.29 bits per heavy atom. The molecule has 24 heavy (non-hydrogen) atoms. The molecule has 0 fully saturated rings. The molecular weight excluding hydrogens is 302 g/mol. The molecule has 130 valence electrons. The van der Waals surface area contributed by atoms with Crippen LogP contribution in [-0.4, -0.2) is 26.8 Å². The topological polar surface area (TPSA) is 71.8 Å². The lowest BCUT2D eigenvalue weighted by atomic mass is 9.79. The molecule has 0 saturated heterocycles. The molecule has 0 aliphatic carbocycles. The van der Waals surface area contributed by atoms with Crippen molar-refractivity contribution in [1.29, 1.82) is 0 Å². The maximum atomic E-state index is 12.1. The van der Waals surface area contributed by atoms with E-state index in [9.17, 15) is 4.79 Å². The first-order valence-corrected chi connectivity index (χ1v) is 8.39. The van der Waals surface area contributed by atoms with Gasteiger partial charge in [-0.15, -0.1) is 10.2 Å². The van der Waals surface area contributed by atoms with Gasteiger partial charge in [-0.3, -0.25) is 0 Å². The highest BCUT2D eigenvalue weighted by Gasteiger charge is 2.24. The molecule has 0 aliphatic heterocycles. The minimum atomic E-state index is -0.183. The fourth-order valence-corrected chi connectivity index (χ4v) is 2.94. The number of benzene rings is 1. The first-order valence-electron chi connectivity index (χ1n) is 8.39. The van der Waals surface area contributed by atoms with Gasteiger partial charge in [0.05, 0.1) is 6.54 Å². The first kappa shape index (κ1) is 18.0. The monoisotopic (exact) mass is 329 g/mol. The van der Waals surface area contributed by atoms with Gasteiger partial charge in [-0.1, -0.05) is 44.2 Å². The van der Waals surface area contributed by atoms with Crippen molar-refractivity contribution in [1.82, 2.24) is 25.4 Å². The van der Waals surface area contributed by atoms with Crippen LogP contribution < -0.4 is 10.6 Å². The highest BCUT2D eigenvalue weighted by Crippen LogP contribution is 2.28. The maximum Gasteiger partial charge on any atom is 0.315 e. The third kappa shape index (κ3) is 4.81. The summed E-state index contributed by atoms with van der Waals surface area (Å²) in [5, 5.41) is 13.7. The standard InChI is InChI=1S/C18H27N5O/c1-5-23-13-20-22-16(23)12-19-17(24)21-14(2)11-18(3,4)15-9-7-6-8-10-15/h6-10,13-14H,5,11-12H2,1-4H3,(H2,19,21,24). The SMILES string of the molecule is CCn1cnnc1CNC(=O)NC(C)CC(C)(C)c1ccccc1. The van der Waals surface area contributed by atoms with E-state index >= 15 is 0 Å². The molecule has 0 bridgehead atoms. The van der Waals surface area contributed by atoms with Crippen LogP contribution in [0.3, 0.4) is 0 Å². The number of hydrogen-bond donors (Lipinski definition) is 2. The average Bonchev–Trinajstić information content (AvgIpc) is 3.00. The zero-order valence-electron chi connectivity index (χ0n) is 14.9. The van der Waals surface area contributed by atoms with Crippen LogP contribution in [0.25, 0.3) is 0 Å². The van der Waals surface area contributed by atoms with E-state index in [4.69, 9.17) is 0 Å². The molecule has 1 atom stereocenters. The lowest BCUT2D eigenvalue weighted by Crippen LogP contribution is -2.43. The number of carbonyl (C=O) groups excluding carboxylic acids is 1. The molecule has 0 saturated carbocycles. The summed E-state index contributed by atoms with van der Waals surface area (Å²) in [5.41, 5.74) is 1.27. The zero-order valence-corrected chi connectivity index (χ0v) is 14.9. The fraction of sp³-hybridized carbons (Fsp3) is 0.500. The molecule has 1 aromatic carbocycles.